The molecule has 4 rings (SSSR count). The van der Waals surface area contributed by atoms with E-state index in [-0.39, 0.29) is 5.91 Å². The highest BCUT2D eigenvalue weighted by molar-refractivity contribution is 5.99. The topological polar surface area (TPSA) is 70.7 Å². The first-order chi connectivity index (χ1) is 13.7. The SMILES string of the molecule is C=CC(=O)Nc1cccc(-c2cnc3[nH]cc(-c4ccnc(CC)c4)c3c2)c1. The number of nitrogens with one attached hydrogen (secondary N) is 2. The van der Waals surface area contributed by atoms with Crippen LogP contribution in [-0.4, -0.2) is 20.9 Å². The number of hydrogen-bond acceptors (Lipinski definition) is 3. The molecule has 0 atom stereocenters. The quantitative estimate of drug-likeness (QED) is 0.488. The highest BCUT2D eigenvalue weighted by atomic mass is 16.1. The largest absolute Gasteiger partial charge is 0.346 e. The number of aromatic amines is 1. The summed E-state index contributed by atoms with van der Waals surface area (Å²) in [5, 5.41) is 3.84. The van der Waals surface area contributed by atoms with Crippen LogP contribution in [0.5, 0.6) is 0 Å². The Morgan fingerprint density at radius 3 is 2.86 bits per heavy atom. The molecule has 0 spiro atoms. The third kappa shape index (κ3) is 3.42. The van der Waals surface area contributed by atoms with E-state index in [1.54, 1.807) is 0 Å². The van der Waals surface area contributed by atoms with Gasteiger partial charge in [0.05, 0.1) is 0 Å². The monoisotopic (exact) mass is 368 g/mol. The number of hydrogen-bond donors (Lipinski definition) is 2. The Bertz CT molecular complexity index is 1180. The van der Waals surface area contributed by atoms with E-state index < -0.39 is 0 Å². The van der Waals surface area contributed by atoms with Crippen LogP contribution in [0.2, 0.25) is 0 Å². The molecule has 0 aliphatic heterocycles. The molecule has 0 unspecified atom stereocenters. The first-order valence-corrected chi connectivity index (χ1v) is 9.14. The van der Waals surface area contributed by atoms with E-state index in [4.69, 9.17) is 0 Å². The Morgan fingerprint density at radius 2 is 2.04 bits per heavy atom. The average Bonchev–Trinajstić information content (AvgIpc) is 3.17. The Hall–Kier alpha value is -3.73. The van der Waals surface area contributed by atoms with Gasteiger partial charge in [-0.3, -0.25) is 9.78 Å². The van der Waals surface area contributed by atoms with Gasteiger partial charge in [-0.25, -0.2) is 4.98 Å². The lowest BCUT2D eigenvalue weighted by Crippen LogP contribution is -2.06. The second-order valence-electron chi connectivity index (χ2n) is 6.49. The van der Waals surface area contributed by atoms with Gasteiger partial charge in [0.2, 0.25) is 5.91 Å². The fourth-order valence-electron chi connectivity index (χ4n) is 3.21. The molecule has 2 N–H and O–H groups in total. The second-order valence-corrected chi connectivity index (χ2v) is 6.49. The van der Waals surface area contributed by atoms with Crippen molar-refractivity contribution in [1.82, 2.24) is 15.0 Å². The van der Waals surface area contributed by atoms with Crippen molar-refractivity contribution >= 4 is 22.6 Å². The van der Waals surface area contributed by atoms with E-state index in [1.165, 1.54) is 6.08 Å². The molecule has 0 aliphatic carbocycles. The molecule has 4 aromatic rings. The van der Waals surface area contributed by atoms with Crippen molar-refractivity contribution in [3.63, 3.8) is 0 Å². The summed E-state index contributed by atoms with van der Waals surface area (Å²) in [6.45, 7) is 5.58. The van der Waals surface area contributed by atoms with Crippen LogP contribution in [0.1, 0.15) is 12.6 Å². The Morgan fingerprint density at radius 1 is 1.14 bits per heavy atom. The predicted octanol–water partition coefficient (Wildman–Crippen LogP) is 4.98. The maximum absolute atomic E-state index is 11.6. The van der Waals surface area contributed by atoms with E-state index in [0.29, 0.717) is 0 Å². The number of aromatic nitrogens is 3. The van der Waals surface area contributed by atoms with E-state index in [0.717, 1.165) is 51.1 Å². The van der Waals surface area contributed by atoms with Crippen molar-refractivity contribution in [1.29, 1.82) is 0 Å². The predicted molar refractivity (Wildman–Crippen MR) is 113 cm³/mol. The molecule has 0 saturated heterocycles. The van der Waals surface area contributed by atoms with E-state index in [1.807, 2.05) is 48.9 Å². The molecule has 138 valence electrons. The van der Waals surface area contributed by atoms with Crippen LogP contribution in [0.25, 0.3) is 33.3 Å². The summed E-state index contributed by atoms with van der Waals surface area (Å²) >= 11 is 0. The number of pyridine rings is 2. The molecule has 0 fully saturated rings. The maximum Gasteiger partial charge on any atom is 0.247 e. The van der Waals surface area contributed by atoms with Gasteiger partial charge < -0.3 is 10.3 Å². The third-order valence-corrected chi connectivity index (χ3v) is 4.67. The smallest absolute Gasteiger partial charge is 0.247 e. The minimum Gasteiger partial charge on any atom is -0.346 e. The lowest BCUT2D eigenvalue weighted by atomic mass is 10.0. The summed E-state index contributed by atoms with van der Waals surface area (Å²) in [6, 6.07) is 13.9. The molecular formula is C23H20N4O. The van der Waals surface area contributed by atoms with Crippen LogP contribution < -0.4 is 5.32 Å². The number of carbonyl (C=O) groups is 1. The van der Waals surface area contributed by atoms with Crippen molar-refractivity contribution < 1.29 is 4.79 Å². The van der Waals surface area contributed by atoms with Gasteiger partial charge in [0.25, 0.3) is 0 Å². The summed E-state index contributed by atoms with van der Waals surface area (Å²) in [7, 11) is 0. The fraction of sp³-hybridized carbons (Fsp3) is 0.0870. The van der Waals surface area contributed by atoms with Crippen molar-refractivity contribution in [2.75, 3.05) is 5.32 Å². The van der Waals surface area contributed by atoms with Crippen LogP contribution in [-0.2, 0) is 11.2 Å². The van der Waals surface area contributed by atoms with E-state index in [9.17, 15) is 4.79 Å². The normalized spacial score (nSPS) is 10.8. The Labute approximate surface area is 163 Å². The van der Waals surface area contributed by atoms with Crippen LogP contribution in [0.15, 0.2) is 73.7 Å². The molecule has 0 aliphatic rings. The van der Waals surface area contributed by atoms with Gasteiger partial charge in [0.15, 0.2) is 0 Å². The summed E-state index contributed by atoms with van der Waals surface area (Å²) in [4.78, 5) is 23.8. The summed E-state index contributed by atoms with van der Waals surface area (Å²) in [5.41, 5.74) is 6.78. The number of H-pyrrole nitrogens is 1. The molecule has 0 saturated carbocycles. The van der Waals surface area contributed by atoms with Crippen molar-refractivity contribution in [3.8, 4) is 22.3 Å². The lowest BCUT2D eigenvalue weighted by Gasteiger charge is -2.07. The molecule has 0 radical (unpaired) electrons. The molecule has 0 bridgehead atoms. The van der Waals surface area contributed by atoms with Crippen molar-refractivity contribution in [2.45, 2.75) is 13.3 Å². The van der Waals surface area contributed by atoms with Gasteiger partial charge in [0.1, 0.15) is 5.65 Å². The fourth-order valence-corrected chi connectivity index (χ4v) is 3.21. The molecule has 5 heteroatoms. The molecule has 1 aromatic carbocycles. The zero-order valence-corrected chi connectivity index (χ0v) is 15.6. The van der Waals surface area contributed by atoms with Crippen LogP contribution in [0.4, 0.5) is 5.69 Å². The number of anilines is 1. The minimum absolute atomic E-state index is 0.233. The Kier molecular flexibility index (Phi) is 4.72. The van der Waals surface area contributed by atoms with Crippen LogP contribution in [0.3, 0.4) is 0 Å². The van der Waals surface area contributed by atoms with Gasteiger partial charge in [-0.15, -0.1) is 0 Å². The van der Waals surface area contributed by atoms with Gasteiger partial charge in [-0.2, -0.15) is 0 Å². The van der Waals surface area contributed by atoms with E-state index >= 15 is 0 Å². The highest BCUT2D eigenvalue weighted by Crippen LogP contribution is 2.31. The lowest BCUT2D eigenvalue weighted by molar-refractivity contribution is -0.111. The van der Waals surface area contributed by atoms with Gasteiger partial charge in [-0.05, 0) is 54.0 Å². The molecule has 28 heavy (non-hydrogen) atoms. The molecule has 3 aromatic heterocycles. The highest BCUT2D eigenvalue weighted by Gasteiger charge is 2.10. The number of carbonyl (C=O) groups excluding carboxylic acids is 1. The van der Waals surface area contributed by atoms with Gasteiger partial charge in [-0.1, -0.05) is 25.6 Å². The molecular weight excluding hydrogens is 348 g/mol. The summed E-state index contributed by atoms with van der Waals surface area (Å²) in [6.07, 6.45) is 7.81. The van der Waals surface area contributed by atoms with Gasteiger partial charge in [0, 0.05) is 46.5 Å². The van der Waals surface area contributed by atoms with Crippen molar-refractivity contribution in [2.24, 2.45) is 0 Å². The number of amides is 1. The molecule has 5 nitrogen and oxygen atoms in total. The molecule has 1 amide bonds. The average molecular weight is 368 g/mol. The van der Waals surface area contributed by atoms with Crippen molar-refractivity contribution in [3.05, 3.63) is 79.4 Å². The Balaban J connectivity index is 1.77. The summed E-state index contributed by atoms with van der Waals surface area (Å²) < 4.78 is 0. The number of nitrogens with zero attached hydrogens (tertiary/aromatic N) is 2. The van der Waals surface area contributed by atoms with E-state index in [2.05, 4.69) is 45.9 Å². The number of benzene rings is 1. The zero-order chi connectivity index (χ0) is 19.5. The first kappa shape index (κ1) is 17.7. The summed E-state index contributed by atoms with van der Waals surface area (Å²) in [5.74, 6) is -0.233. The van der Waals surface area contributed by atoms with Gasteiger partial charge >= 0.3 is 0 Å². The van der Waals surface area contributed by atoms with Crippen LogP contribution >= 0.6 is 0 Å². The number of fused-ring (bicyclic) bond motifs is 1. The number of rotatable bonds is 5. The standard InChI is InChI=1S/C23H20N4O/c1-3-18-11-16(8-9-24-18)21-14-26-23-20(21)12-17(13-25-23)15-6-5-7-19(10-15)27-22(28)4-2/h4-14H,2-3H2,1H3,(H,25,26)(H,27,28). The second kappa shape index (κ2) is 7.48. The minimum atomic E-state index is -0.233. The number of aryl methyl sites for hydroxylation is 1. The third-order valence-electron chi connectivity index (χ3n) is 4.67. The zero-order valence-electron chi connectivity index (χ0n) is 15.6. The van der Waals surface area contributed by atoms with Crippen LogP contribution in [0, 0.1) is 0 Å². The maximum atomic E-state index is 11.6. The molecule has 3 heterocycles. The first-order valence-electron chi connectivity index (χ1n) is 9.14.